The van der Waals surface area contributed by atoms with Gasteiger partial charge in [-0.15, -0.1) is 0 Å². The van der Waals surface area contributed by atoms with Crippen LogP contribution in [0.2, 0.25) is 0 Å². The first-order valence-corrected chi connectivity index (χ1v) is 15.2. The number of hydrogen-bond donors (Lipinski definition) is 0. The normalized spacial score (nSPS) is 13.0. The summed E-state index contributed by atoms with van der Waals surface area (Å²) >= 11 is -2.19. The van der Waals surface area contributed by atoms with Crippen LogP contribution in [0.1, 0.15) is 79.0 Å². The summed E-state index contributed by atoms with van der Waals surface area (Å²) in [5.41, 5.74) is 4.75. The van der Waals surface area contributed by atoms with Crippen molar-refractivity contribution in [2.24, 2.45) is 0 Å². The van der Waals surface area contributed by atoms with Crippen LogP contribution >= 0.6 is 0 Å². The van der Waals surface area contributed by atoms with Crippen LogP contribution in [0.25, 0.3) is 0 Å². The van der Waals surface area contributed by atoms with Gasteiger partial charge in [0.05, 0.1) is 0 Å². The van der Waals surface area contributed by atoms with E-state index in [0.717, 1.165) is 0 Å². The van der Waals surface area contributed by atoms with Gasteiger partial charge in [0.1, 0.15) is 0 Å². The third-order valence-electron chi connectivity index (χ3n) is 5.91. The molecule has 0 saturated heterocycles. The molecule has 0 aromatic heterocycles. The van der Waals surface area contributed by atoms with E-state index < -0.39 is 20.2 Å². The summed E-state index contributed by atoms with van der Waals surface area (Å²) in [5, 5.41) is 0. The van der Waals surface area contributed by atoms with Crippen LogP contribution in [-0.2, 0) is 16.2 Å². The van der Waals surface area contributed by atoms with Gasteiger partial charge in [0, 0.05) is 0 Å². The third kappa shape index (κ3) is 5.84. The van der Waals surface area contributed by atoms with Crippen molar-refractivity contribution in [1.29, 1.82) is 0 Å². The van der Waals surface area contributed by atoms with E-state index in [9.17, 15) is 0 Å². The predicted molar refractivity (Wildman–Crippen MR) is 140 cm³/mol. The summed E-state index contributed by atoms with van der Waals surface area (Å²) in [5.74, 6) is 0. The summed E-state index contributed by atoms with van der Waals surface area (Å²) in [7, 11) is 0. The molecule has 1 heteroatoms. The molecule has 0 aliphatic rings. The van der Waals surface area contributed by atoms with E-state index in [1.807, 2.05) is 0 Å². The zero-order chi connectivity index (χ0) is 23.0. The molecular formula is C30H39Sb. The molecule has 3 rings (SSSR count). The van der Waals surface area contributed by atoms with Crippen molar-refractivity contribution in [1.82, 2.24) is 0 Å². The van der Waals surface area contributed by atoms with Gasteiger partial charge in [-0.25, -0.2) is 0 Å². The minimum atomic E-state index is -2.19. The van der Waals surface area contributed by atoms with Crippen molar-refractivity contribution >= 4 is 30.7 Å². The van der Waals surface area contributed by atoms with Gasteiger partial charge in [-0.2, -0.15) is 0 Å². The summed E-state index contributed by atoms with van der Waals surface area (Å²) < 4.78 is 4.65. The first kappa shape index (κ1) is 24.1. The van der Waals surface area contributed by atoms with Gasteiger partial charge in [0.25, 0.3) is 0 Å². The molecule has 0 aliphatic heterocycles. The summed E-state index contributed by atoms with van der Waals surface area (Å²) in [6.45, 7) is 20.8. The number of benzene rings is 3. The molecule has 0 heterocycles. The van der Waals surface area contributed by atoms with E-state index in [0.29, 0.717) is 0 Å². The van der Waals surface area contributed by atoms with Gasteiger partial charge >= 0.3 is 199 Å². The van der Waals surface area contributed by atoms with E-state index in [2.05, 4.69) is 135 Å². The van der Waals surface area contributed by atoms with Crippen LogP contribution in [0, 0.1) is 0 Å². The fourth-order valence-corrected chi connectivity index (χ4v) is 10.6. The second-order valence-corrected chi connectivity index (χ2v) is 18.1. The molecule has 0 unspecified atom stereocenters. The Bertz CT molecular complexity index is 902. The summed E-state index contributed by atoms with van der Waals surface area (Å²) in [4.78, 5) is 0. The third-order valence-corrected chi connectivity index (χ3v) is 12.7. The predicted octanol–water partition coefficient (Wildman–Crippen LogP) is 6.10. The van der Waals surface area contributed by atoms with Crippen molar-refractivity contribution in [3.8, 4) is 0 Å². The summed E-state index contributed by atoms with van der Waals surface area (Å²) in [6, 6.07) is 28.3. The molecule has 0 nitrogen and oxygen atoms in total. The molecule has 3 aromatic carbocycles. The molecule has 0 bridgehead atoms. The topological polar surface area (TPSA) is 0 Å². The minimum absolute atomic E-state index is 0.155. The molecule has 0 fully saturated rings. The molecular weight excluding hydrogens is 482 g/mol. The van der Waals surface area contributed by atoms with E-state index >= 15 is 0 Å². The monoisotopic (exact) mass is 520 g/mol. The Morgan fingerprint density at radius 3 is 0.903 bits per heavy atom. The Kier molecular flexibility index (Phi) is 6.84. The molecule has 0 atom stereocenters. The Morgan fingerprint density at radius 1 is 0.419 bits per heavy atom. The van der Waals surface area contributed by atoms with Crippen LogP contribution in [0.3, 0.4) is 0 Å². The van der Waals surface area contributed by atoms with Gasteiger partial charge in [-0.1, -0.05) is 0 Å². The molecule has 0 amide bonds. The zero-order valence-corrected chi connectivity index (χ0v) is 23.4. The Morgan fingerprint density at radius 2 is 0.677 bits per heavy atom. The van der Waals surface area contributed by atoms with Crippen molar-refractivity contribution in [2.45, 2.75) is 78.6 Å². The fourth-order valence-electron chi connectivity index (χ4n) is 3.78. The van der Waals surface area contributed by atoms with Gasteiger partial charge in [-0.05, 0) is 0 Å². The van der Waals surface area contributed by atoms with E-state index in [4.69, 9.17) is 0 Å². The molecule has 31 heavy (non-hydrogen) atoms. The first-order valence-electron chi connectivity index (χ1n) is 11.4. The second-order valence-electron chi connectivity index (χ2n) is 11.7. The van der Waals surface area contributed by atoms with Gasteiger partial charge in [0.2, 0.25) is 0 Å². The maximum absolute atomic E-state index is 2.50. The molecule has 0 radical (unpaired) electrons. The average Bonchev–Trinajstić information content (AvgIpc) is 2.67. The molecule has 0 spiro atoms. The fraction of sp³-hybridized carbons (Fsp3) is 0.400. The van der Waals surface area contributed by atoms with Crippen LogP contribution in [0.15, 0.2) is 72.8 Å². The first-order chi connectivity index (χ1) is 14.3. The molecule has 164 valence electrons. The quantitative estimate of drug-likeness (QED) is 0.366. The summed E-state index contributed by atoms with van der Waals surface area (Å²) in [6.07, 6.45) is 0. The van der Waals surface area contributed by atoms with E-state index in [1.165, 1.54) is 16.7 Å². The van der Waals surface area contributed by atoms with Crippen LogP contribution in [0.5, 0.6) is 0 Å². The molecule has 0 saturated carbocycles. The van der Waals surface area contributed by atoms with Crippen LogP contribution < -0.4 is 10.5 Å². The van der Waals surface area contributed by atoms with Gasteiger partial charge in [-0.3, -0.25) is 0 Å². The Balaban J connectivity index is 2.24. The standard InChI is InChI=1S/3C10H13.Sb/c3*1-10(2,3)9-7-5-4-6-8-9;/h3*4-5,7-8H,1-3H3;. The van der Waals surface area contributed by atoms with Crippen molar-refractivity contribution in [2.75, 3.05) is 0 Å². The number of hydrogen-bond acceptors (Lipinski definition) is 0. The average molecular weight is 521 g/mol. The van der Waals surface area contributed by atoms with E-state index in [-0.39, 0.29) is 16.2 Å². The maximum atomic E-state index is 2.50. The molecule has 0 N–H and O–H groups in total. The molecule has 3 aromatic rings. The Hall–Kier alpha value is -1.52. The SMILES string of the molecule is CC(C)(C)c1ccc[c]([Sb]([c]2cccc(C(C)(C)C)c2)[c]2cccc(C(C)(C)C)c2)c1. The van der Waals surface area contributed by atoms with Crippen molar-refractivity contribution < 1.29 is 0 Å². The number of rotatable bonds is 3. The zero-order valence-electron chi connectivity index (χ0n) is 20.9. The van der Waals surface area contributed by atoms with Crippen LogP contribution in [0.4, 0.5) is 0 Å². The second kappa shape index (κ2) is 8.78. The van der Waals surface area contributed by atoms with E-state index in [1.54, 1.807) is 10.5 Å². The molecule has 0 aliphatic carbocycles. The van der Waals surface area contributed by atoms with Crippen molar-refractivity contribution in [3.05, 3.63) is 89.5 Å². The Labute approximate surface area is 198 Å². The van der Waals surface area contributed by atoms with Crippen LogP contribution in [-0.4, -0.2) is 20.2 Å². The van der Waals surface area contributed by atoms with Crippen molar-refractivity contribution in [3.63, 3.8) is 0 Å². The van der Waals surface area contributed by atoms with Gasteiger partial charge in [0.15, 0.2) is 0 Å². The van der Waals surface area contributed by atoms with Gasteiger partial charge < -0.3 is 0 Å².